The number of hydrogen-bond acceptors (Lipinski definition) is 5. The zero-order valence-corrected chi connectivity index (χ0v) is 28.3. The molecule has 0 saturated heterocycles. The second-order valence-corrected chi connectivity index (χ2v) is 14.3. The molecule has 1 spiro atoms. The van der Waals surface area contributed by atoms with Gasteiger partial charge in [-0.05, 0) is 79.3 Å². The zero-order valence-electron chi connectivity index (χ0n) is 28.3. The van der Waals surface area contributed by atoms with E-state index in [-0.39, 0.29) is 11.4 Å². The summed E-state index contributed by atoms with van der Waals surface area (Å²) in [4.78, 5) is 16.0. The molecule has 0 saturated carbocycles. The average Bonchev–Trinajstić information content (AvgIpc) is 3.31. The first-order chi connectivity index (χ1) is 22.1. The Bertz CT molecular complexity index is 1740. The Morgan fingerprint density at radius 3 is 2.33 bits per heavy atom. The van der Waals surface area contributed by atoms with Gasteiger partial charge in [0.2, 0.25) is 0 Å². The Labute approximate surface area is 274 Å². The molecule has 0 radical (unpaired) electrons. The number of benzene rings is 4. The number of ether oxygens (including phenoxy) is 2. The van der Waals surface area contributed by atoms with E-state index in [2.05, 4.69) is 100 Å². The van der Waals surface area contributed by atoms with Crippen LogP contribution in [-0.2, 0) is 10.3 Å². The van der Waals surface area contributed by atoms with Gasteiger partial charge in [0.1, 0.15) is 11.5 Å². The molecule has 2 aliphatic rings. The van der Waals surface area contributed by atoms with E-state index >= 15 is 0 Å². The highest BCUT2D eigenvalue weighted by atomic mass is 16.6. The summed E-state index contributed by atoms with van der Waals surface area (Å²) in [6, 6.07) is 26.7. The lowest BCUT2D eigenvalue weighted by molar-refractivity contribution is 0.0224. The molecule has 6 rings (SSSR count). The van der Waals surface area contributed by atoms with Crippen LogP contribution in [0, 0.1) is 19.3 Å². The predicted octanol–water partition coefficient (Wildman–Crippen LogP) is 10.8. The van der Waals surface area contributed by atoms with Crippen LogP contribution in [0.2, 0.25) is 0 Å². The summed E-state index contributed by atoms with van der Waals surface area (Å²) >= 11 is 0. The van der Waals surface area contributed by atoms with Gasteiger partial charge in [-0.15, -0.1) is 0 Å². The topological polar surface area (TPSA) is 50.8 Å². The molecule has 0 bridgehead atoms. The summed E-state index contributed by atoms with van der Waals surface area (Å²) in [6.07, 6.45) is 7.57. The number of anilines is 3. The third-order valence-electron chi connectivity index (χ3n) is 9.15. The Morgan fingerprint density at radius 1 is 0.783 bits per heavy atom. The number of fused-ring (bicyclic) bond motifs is 6. The monoisotopic (exact) mass is 616 g/mol. The van der Waals surface area contributed by atoms with Crippen LogP contribution in [-0.4, -0.2) is 19.1 Å². The molecule has 0 aromatic heterocycles. The Morgan fingerprint density at radius 2 is 1.54 bits per heavy atom. The fourth-order valence-electron chi connectivity index (χ4n) is 6.97. The molecular formula is C41H48N2O3. The van der Waals surface area contributed by atoms with E-state index in [0.717, 1.165) is 64.6 Å². The Hall–Kier alpha value is -4.25. The van der Waals surface area contributed by atoms with Gasteiger partial charge in [-0.2, -0.15) is 0 Å². The molecule has 0 fully saturated rings. The quantitative estimate of drug-likeness (QED) is 0.134. The highest BCUT2D eigenvalue weighted by Crippen LogP contribution is 2.57. The zero-order chi connectivity index (χ0) is 32.5. The van der Waals surface area contributed by atoms with Crippen LogP contribution in [0.3, 0.4) is 0 Å². The summed E-state index contributed by atoms with van der Waals surface area (Å²) < 4.78 is 13.3. The van der Waals surface area contributed by atoms with Crippen LogP contribution in [0.4, 0.5) is 17.1 Å². The van der Waals surface area contributed by atoms with E-state index in [9.17, 15) is 4.79 Å². The third kappa shape index (κ3) is 6.25. The first-order valence-corrected chi connectivity index (χ1v) is 17.0. The van der Waals surface area contributed by atoms with Crippen LogP contribution in [0.15, 0.2) is 78.9 Å². The van der Waals surface area contributed by atoms with Crippen molar-refractivity contribution in [2.45, 2.75) is 85.7 Å². The van der Waals surface area contributed by atoms with Gasteiger partial charge in [0.15, 0.2) is 5.60 Å². The summed E-state index contributed by atoms with van der Waals surface area (Å²) in [5.41, 5.74) is 7.45. The van der Waals surface area contributed by atoms with Crippen LogP contribution in [0.25, 0.3) is 0 Å². The highest BCUT2D eigenvalue weighted by molar-refractivity contribution is 5.97. The molecule has 1 N–H and O–H groups in total. The van der Waals surface area contributed by atoms with Crippen molar-refractivity contribution < 1.29 is 14.3 Å². The fourth-order valence-corrected chi connectivity index (χ4v) is 6.97. The van der Waals surface area contributed by atoms with E-state index < -0.39 is 5.60 Å². The van der Waals surface area contributed by atoms with Gasteiger partial charge in [0.25, 0.3) is 0 Å². The van der Waals surface area contributed by atoms with Gasteiger partial charge in [-0.3, -0.25) is 0 Å². The van der Waals surface area contributed by atoms with Crippen LogP contribution in [0.5, 0.6) is 11.5 Å². The molecule has 2 heterocycles. The molecule has 5 nitrogen and oxygen atoms in total. The smallest absolute Gasteiger partial charge is 0.340 e. The lowest BCUT2D eigenvalue weighted by Gasteiger charge is -2.38. The van der Waals surface area contributed by atoms with Crippen LogP contribution >= 0.6 is 0 Å². The van der Waals surface area contributed by atoms with Gasteiger partial charge in [-0.1, -0.05) is 90.1 Å². The van der Waals surface area contributed by atoms with Gasteiger partial charge in [-0.25, -0.2) is 4.79 Å². The standard InChI is InChI=1S/C41H48N2O3/c1-7-8-9-10-11-14-22-43(27-40(4,5)6)31-20-21-34-38(25-31)45-37-24-29(3)36(42-30-17-15-16-28(2)23-30)26-35(37)41(34)33-19-13-12-18-32(33)39(44)46-41/h12-13,15-21,23-26,42H,7-11,14,22,27H2,1-6H3. The number of aryl methyl sites for hydroxylation is 2. The second-order valence-electron chi connectivity index (χ2n) is 14.3. The summed E-state index contributed by atoms with van der Waals surface area (Å²) in [6.45, 7) is 15.2. The molecule has 0 aliphatic carbocycles. The minimum atomic E-state index is -1.11. The Kier molecular flexibility index (Phi) is 8.87. The number of carbonyl (C=O) groups is 1. The maximum atomic E-state index is 13.5. The predicted molar refractivity (Wildman–Crippen MR) is 189 cm³/mol. The molecule has 46 heavy (non-hydrogen) atoms. The number of carbonyl (C=O) groups excluding carboxylic acids is 1. The SMILES string of the molecule is CCCCCCCCN(CC(C)(C)C)c1ccc2c(c1)Oc1cc(C)c(Nc3cccc(C)c3)cc1C21OC(=O)c2ccccc21. The first-order valence-electron chi connectivity index (χ1n) is 17.0. The van der Waals surface area contributed by atoms with Gasteiger partial charge >= 0.3 is 5.97 Å². The minimum absolute atomic E-state index is 0.129. The molecule has 4 aromatic rings. The highest BCUT2D eigenvalue weighted by Gasteiger charge is 2.53. The van der Waals surface area contributed by atoms with Crippen molar-refractivity contribution in [1.82, 2.24) is 0 Å². The van der Waals surface area contributed by atoms with Crippen molar-refractivity contribution in [3.05, 3.63) is 112 Å². The summed E-state index contributed by atoms with van der Waals surface area (Å²) in [5.74, 6) is 1.12. The second kappa shape index (κ2) is 12.9. The molecule has 1 unspecified atom stereocenters. The van der Waals surface area contributed by atoms with Gasteiger partial charge < -0.3 is 19.7 Å². The van der Waals surface area contributed by atoms with E-state index in [4.69, 9.17) is 9.47 Å². The van der Waals surface area contributed by atoms with Crippen molar-refractivity contribution in [1.29, 1.82) is 0 Å². The average molecular weight is 617 g/mol. The third-order valence-corrected chi connectivity index (χ3v) is 9.15. The number of unbranched alkanes of at least 4 members (excludes halogenated alkanes) is 5. The molecule has 0 amide bonds. The molecular weight excluding hydrogens is 568 g/mol. The summed E-state index contributed by atoms with van der Waals surface area (Å²) in [7, 11) is 0. The number of nitrogens with zero attached hydrogens (tertiary/aromatic N) is 1. The van der Waals surface area contributed by atoms with Crippen molar-refractivity contribution in [2.75, 3.05) is 23.3 Å². The first kappa shape index (κ1) is 31.7. The lowest BCUT2D eigenvalue weighted by Crippen LogP contribution is -2.35. The number of esters is 1. The summed E-state index contributed by atoms with van der Waals surface area (Å²) in [5, 5.41) is 3.61. The van der Waals surface area contributed by atoms with Crippen molar-refractivity contribution >= 4 is 23.0 Å². The minimum Gasteiger partial charge on any atom is -0.456 e. The van der Waals surface area contributed by atoms with E-state index in [1.54, 1.807) is 0 Å². The number of nitrogens with one attached hydrogen (secondary N) is 1. The Balaban J connectivity index is 1.42. The molecule has 240 valence electrons. The largest absolute Gasteiger partial charge is 0.456 e. The van der Waals surface area contributed by atoms with Crippen molar-refractivity contribution in [2.24, 2.45) is 5.41 Å². The van der Waals surface area contributed by atoms with Crippen molar-refractivity contribution in [3.63, 3.8) is 0 Å². The fraction of sp³-hybridized carbons (Fsp3) is 0.390. The lowest BCUT2D eigenvalue weighted by atomic mass is 9.77. The number of hydrogen-bond donors (Lipinski definition) is 1. The maximum Gasteiger partial charge on any atom is 0.340 e. The molecule has 5 heteroatoms. The molecule has 2 aliphatic heterocycles. The molecule has 4 aromatic carbocycles. The molecule has 1 atom stereocenters. The van der Waals surface area contributed by atoms with E-state index in [1.165, 1.54) is 37.7 Å². The van der Waals surface area contributed by atoms with Crippen LogP contribution < -0.4 is 15.0 Å². The van der Waals surface area contributed by atoms with Crippen LogP contribution in [0.1, 0.15) is 104 Å². The maximum absolute atomic E-state index is 13.5. The normalized spacial score (nSPS) is 16.3. The van der Waals surface area contributed by atoms with E-state index in [1.807, 2.05) is 30.3 Å². The van der Waals surface area contributed by atoms with Gasteiger partial charge in [0, 0.05) is 52.9 Å². The van der Waals surface area contributed by atoms with Crippen molar-refractivity contribution in [3.8, 4) is 11.5 Å². The van der Waals surface area contributed by atoms with E-state index in [0.29, 0.717) is 11.3 Å². The van der Waals surface area contributed by atoms with Gasteiger partial charge in [0.05, 0.1) is 5.56 Å². The number of rotatable bonds is 11.